The molecule has 4 aliphatic heterocycles. The topological polar surface area (TPSA) is 450 Å². The number of amides is 4. The number of likely N-dealkylation sites (tertiary alicyclic amines) is 4. The quantitative estimate of drug-likeness (QED) is 0.00843. The Morgan fingerprint density at radius 2 is 0.814 bits per heavy atom. The number of nitrogens with zero attached hydrogens (tertiary/aromatic N) is 9. The Kier molecular flexibility index (Phi) is 65.2. The molecule has 0 aromatic carbocycles. The predicted molar refractivity (Wildman–Crippen MR) is 480 cm³/mol. The van der Waals surface area contributed by atoms with Crippen LogP contribution in [0.5, 0.6) is 17.2 Å². The number of hydrogen-bond donors (Lipinski definition) is 3. The number of rotatable bonds is 19. The van der Waals surface area contributed by atoms with Crippen LogP contribution in [0, 0.1) is 29.6 Å². The van der Waals surface area contributed by atoms with Gasteiger partial charge in [0.05, 0.1) is 58.8 Å². The molecular weight excluding hydrogens is 1850 g/mol. The molecule has 10 rings (SSSR count). The first-order valence-corrected chi connectivity index (χ1v) is 45.4. The van der Waals surface area contributed by atoms with E-state index in [9.17, 15) is 56.0 Å². The molecule has 0 unspecified atom stereocenters. The largest absolute Gasteiger partial charge is 1.00 e. The first-order valence-electron chi connectivity index (χ1n) is 41.9. The van der Waals surface area contributed by atoms with E-state index >= 15 is 0 Å². The molecule has 0 bridgehead atoms. The van der Waals surface area contributed by atoms with Gasteiger partial charge in [-0.25, -0.2) is 24.0 Å². The minimum atomic E-state index is -3.38. The third-order valence-corrected chi connectivity index (χ3v) is 21.2. The summed E-state index contributed by atoms with van der Waals surface area (Å²) in [5.74, 6) is 4.53. The van der Waals surface area contributed by atoms with Gasteiger partial charge in [-0.2, -0.15) is 21.0 Å². The van der Waals surface area contributed by atoms with Gasteiger partial charge in [-0.3, -0.25) is 57.5 Å². The fourth-order valence-electron chi connectivity index (χ4n) is 11.9. The first-order chi connectivity index (χ1) is 59.0. The van der Waals surface area contributed by atoms with Crippen molar-refractivity contribution < 1.29 is 244 Å². The fraction of sp³-hybridized carbons (Fsp3) is 0.602. The number of aromatic hydroxyl groups is 1. The smallest absolute Gasteiger partial charge is 1.00 e. The van der Waals surface area contributed by atoms with Crippen LogP contribution in [0.4, 0.5) is 23.6 Å². The molecule has 0 atom stereocenters. The van der Waals surface area contributed by atoms with E-state index in [2.05, 4.69) is 58.4 Å². The van der Waals surface area contributed by atoms with Crippen molar-refractivity contribution in [3.63, 3.8) is 0 Å². The number of ether oxygens (including phenoxy) is 6. The van der Waals surface area contributed by atoms with Gasteiger partial charge in [-0.05, 0) is 257 Å². The van der Waals surface area contributed by atoms with Crippen LogP contribution in [-0.2, 0) is 42.9 Å². The summed E-state index contributed by atoms with van der Waals surface area (Å²) in [6, 6.07) is 8.27. The zero-order chi connectivity index (χ0) is 95.0. The summed E-state index contributed by atoms with van der Waals surface area (Å²) in [5, 5.41) is 26.2. The maximum atomic E-state index is 12.0. The number of carboxylic acids is 1. The van der Waals surface area contributed by atoms with Crippen molar-refractivity contribution in [2.24, 2.45) is 29.6 Å². The number of Topliss-reactive ketones (excluding diaryl/α,β-unsaturated/α-hetero) is 4. The molecule has 3 N–H and O–H groups in total. The van der Waals surface area contributed by atoms with E-state index in [1.54, 1.807) is 63.4 Å². The number of thioether (sulfide) groups is 1. The van der Waals surface area contributed by atoms with Crippen LogP contribution in [0.25, 0.3) is 0 Å². The van der Waals surface area contributed by atoms with Crippen molar-refractivity contribution in [3.05, 3.63) is 125 Å². The van der Waals surface area contributed by atoms with Crippen molar-refractivity contribution in [2.75, 3.05) is 97.1 Å². The van der Waals surface area contributed by atoms with Crippen LogP contribution in [0.2, 0.25) is 0 Å². The van der Waals surface area contributed by atoms with Crippen LogP contribution < -0.4 is 136 Å². The number of aromatic nitrogens is 5. The molecule has 4 saturated heterocycles. The number of alkyl halides is 1. The molecule has 4 amide bonds. The van der Waals surface area contributed by atoms with Gasteiger partial charge in [0, 0.05) is 133 Å². The zero-order valence-electron chi connectivity index (χ0n) is 80.7. The Morgan fingerprint density at radius 3 is 1.12 bits per heavy atom. The summed E-state index contributed by atoms with van der Waals surface area (Å²) < 4.78 is 75.7. The second kappa shape index (κ2) is 67.0. The van der Waals surface area contributed by atoms with Crippen molar-refractivity contribution in [3.8, 4) is 17.2 Å². The number of piperidine rings is 4. The standard InChI is InChI=1S/C18H26N2O4.C17H24N2O5.C14H19NOS.C12H23NO5S.C11H21NO2S.C7H6BrNO.C7H7NO2.CH3F.CH2O3.2K.Li.H2O.H/c1-13(21)15-9-16(11-19-10-15)23-12-14-5-7-20(8-6-14)17(22)24-18(2,3)4;1-17(2,3)24-16(22)19-6-4-12(5-7-19)11-23-14-8-13(15(20)21)9-18-10-14;1-11(16)13-7-14(9-15-8-13)17-10-12-5-3-2-4-6-12;1-12(2,3)18-11(14)13-7-5-10(6-8-13)9-17-19(4,15)16;1-11(2,3)14-10(13)12-6-4-9(8-15)5-7-12;1-5(10)6-2-7(8)4-9-3-6;1-5(9)6-2-7(10)4-8-3-6;1-2;2-1-4-3;;;;;/h9-11,14H,5-8,12H2,1-4H3;8-10,12H,4-7,11H2,1-3H3,(H,20,21);7-9,12H,2-6,10H2,1H3;10H,5-9H2,1-4H3;9,15H,4-8H2,1-3H3;2-4H,1H3;2-4,10H,1H3;1H3;1,3H;;;;1H2;/q;;;;;;;;;3*+1;;-1/p-2/i;;;;;;;1D;;;;;;. The molecule has 33 nitrogen and oxygen atoms in total. The van der Waals surface area contributed by atoms with Gasteiger partial charge < -0.3 is 75.3 Å². The molecule has 9 heterocycles. The van der Waals surface area contributed by atoms with E-state index in [1.165, 1.54) is 102 Å². The number of carbonyl (C=O) groups excluding carboxylic acids is 9. The molecule has 0 spiro atoms. The van der Waals surface area contributed by atoms with Gasteiger partial charge in [0.25, 0.3) is 16.6 Å². The summed E-state index contributed by atoms with van der Waals surface area (Å²) in [5.41, 5.74) is 0.600. The normalized spacial score (nSPS) is 14.8. The third-order valence-electron chi connectivity index (χ3n) is 18.5. The van der Waals surface area contributed by atoms with Crippen LogP contribution in [0.1, 0.15) is 249 Å². The molecule has 708 valence electrons. The van der Waals surface area contributed by atoms with Crippen molar-refractivity contribution in [2.45, 2.75) is 222 Å². The van der Waals surface area contributed by atoms with E-state index in [0.717, 1.165) is 97.3 Å². The van der Waals surface area contributed by atoms with Crippen LogP contribution in [0.3, 0.4) is 0 Å². The number of hydrogen-bond acceptors (Lipinski definition) is 30. The van der Waals surface area contributed by atoms with Gasteiger partial charge in [0.15, 0.2) is 23.1 Å². The summed E-state index contributed by atoms with van der Waals surface area (Å²) in [4.78, 5) is 141. The number of carbonyl (C=O) groups is 10. The average Bonchev–Trinajstić information content (AvgIpc) is 0.874. The van der Waals surface area contributed by atoms with Gasteiger partial charge in [-0.15, -0.1) is 11.8 Å². The van der Waals surface area contributed by atoms with Crippen LogP contribution in [-0.4, -0.2) is 248 Å². The maximum Gasteiger partial charge on any atom is 1.00 e. The minimum absolute atomic E-state index is 0. The van der Waals surface area contributed by atoms with Gasteiger partial charge in [0.1, 0.15) is 39.7 Å². The van der Waals surface area contributed by atoms with Crippen LogP contribution in [0.15, 0.2) is 102 Å². The molecule has 5 aliphatic rings. The second-order valence-electron chi connectivity index (χ2n) is 34.0. The molecule has 129 heavy (non-hydrogen) atoms. The maximum absolute atomic E-state index is 12.0. The molecule has 0 radical (unpaired) electrons. The molecule has 1 saturated carbocycles. The summed E-state index contributed by atoms with van der Waals surface area (Å²) in [7, 11) is -4.38. The monoisotopic (exact) mass is 1980 g/mol. The Morgan fingerprint density at radius 1 is 0.512 bits per heavy atom. The second-order valence-corrected chi connectivity index (χ2v) is 38.0. The van der Waals surface area contributed by atoms with E-state index in [0.29, 0.717) is 98.4 Å². The molecule has 41 heteroatoms. The Balaban J connectivity index is -0.000000717. The predicted octanol–water partition coefficient (Wildman–Crippen LogP) is 7.25. The Hall–Kier alpha value is -5.34. The molecule has 5 aromatic rings. The number of ketones is 4. The van der Waals surface area contributed by atoms with Crippen molar-refractivity contribution in [1.82, 2.24) is 44.5 Å². The summed E-state index contributed by atoms with van der Waals surface area (Å²) in [6.45, 7) is 34.8. The number of aromatic carboxylic acids is 1. The number of halogens is 2. The Bertz CT molecular complexity index is 4140. The van der Waals surface area contributed by atoms with Crippen molar-refractivity contribution >= 4 is 110 Å². The molecule has 1 aliphatic carbocycles. The van der Waals surface area contributed by atoms with E-state index in [1.807, 2.05) is 107 Å². The molecule has 5 fully saturated rings. The van der Waals surface area contributed by atoms with E-state index < -0.39 is 45.6 Å². The minimum Gasteiger partial charge on any atom is -1.00 e. The molecule has 5 aromatic heterocycles. The third kappa shape index (κ3) is 59.9. The summed E-state index contributed by atoms with van der Waals surface area (Å²) in [6.07, 6.45) is 29.2. The first kappa shape index (κ1) is 126. The average molecular weight is 1980 g/mol. The number of thiol groups is 1. The SMILES string of the molecule is CC(=O)c1cncc(Br)c1.CC(=O)c1cncc(O)c1.CC(=O)c1cncc(OCC2CCN(C(=O)OC(C)(C)C)CC2)c1.CC(=O)c1cncc(SCC2CCCCC2)c1.CC(C)(C)OC(=O)N1CCC(COS(C)(=O)=O)CC1.CC(C)(C)OC(=O)N1CCC(COc2cncc(C(=O)O)c2)CC1.CC(C)(C)OC(=O)N1CCC(CS)CC1.O=CO[O-].[2H]CF.[H-].[K+].[K+].[Li+].[OH-]. The molecular formula is C88H132BrFK2LiN9O24S3. The zero-order valence-corrected chi connectivity index (χ0v) is 89.0. The summed E-state index contributed by atoms with van der Waals surface area (Å²) >= 11 is 9.34. The van der Waals surface area contributed by atoms with Gasteiger partial charge >= 0.3 is 152 Å². The van der Waals surface area contributed by atoms with Crippen LogP contribution >= 0.6 is 40.3 Å². The van der Waals surface area contributed by atoms with Crippen molar-refractivity contribution in [1.29, 1.82) is 0 Å². The van der Waals surface area contributed by atoms with E-state index in [4.69, 9.17) is 54.2 Å². The number of carboxylic acid groups (broad SMARTS) is 1. The number of pyridine rings is 5. The van der Waals surface area contributed by atoms with E-state index in [-0.39, 0.29) is 206 Å². The van der Waals surface area contributed by atoms with Gasteiger partial charge in [0.2, 0.25) is 0 Å². The Labute approximate surface area is 878 Å². The fourth-order valence-corrected chi connectivity index (χ4v) is 14.2. The van der Waals surface area contributed by atoms with Gasteiger partial charge in [-0.1, -0.05) is 19.3 Å².